The molecule has 0 bridgehead atoms. The number of carbonyl (C=O) groups is 2. The number of rotatable bonds is 5. The van der Waals surface area contributed by atoms with E-state index in [-0.39, 0.29) is 18.4 Å². The lowest BCUT2D eigenvalue weighted by atomic mass is 10.1. The van der Waals surface area contributed by atoms with Crippen molar-refractivity contribution >= 4 is 17.5 Å². The molecule has 1 aliphatic carbocycles. The van der Waals surface area contributed by atoms with E-state index >= 15 is 0 Å². The zero-order chi connectivity index (χ0) is 14.0. The molecule has 1 aromatic carbocycles. The smallest absolute Gasteiger partial charge is 0.237 e. The normalized spacial score (nSPS) is 20.9. The lowest BCUT2D eigenvalue weighted by Gasteiger charge is -2.21. The minimum absolute atomic E-state index is 0.00808. The van der Waals surface area contributed by atoms with Crippen molar-refractivity contribution in [1.29, 1.82) is 0 Å². The molecule has 5 heteroatoms. The Bertz CT molecular complexity index is 501. The van der Waals surface area contributed by atoms with Gasteiger partial charge in [-0.05, 0) is 30.0 Å². The molecule has 4 N–H and O–H groups in total. The average molecular weight is 261 g/mol. The largest absolute Gasteiger partial charge is 0.399 e. The zero-order valence-corrected chi connectivity index (χ0v) is 11.0. The number of primary amides is 1. The van der Waals surface area contributed by atoms with Crippen LogP contribution in [0.25, 0.3) is 0 Å². The second-order valence-electron chi connectivity index (χ2n) is 5.23. The summed E-state index contributed by atoms with van der Waals surface area (Å²) in [7, 11) is 0. The average Bonchev–Trinajstić information content (AvgIpc) is 3.04. The van der Waals surface area contributed by atoms with Crippen molar-refractivity contribution in [2.45, 2.75) is 19.9 Å². The minimum atomic E-state index is -0.495. The highest BCUT2D eigenvalue weighted by Gasteiger charge is 2.41. The van der Waals surface area contributed by atoms with Gasteiger partial charge in [0.05, 0.1) is 6.54 Å². The number of benzene rings is 1. The molecule has 1 saturated carbocycles. The fraction of sp³-hybridized carbons (Fsp3) is 0.429. The summed E-state index contributed by atoms with van der Waals surface area (Å²) in [4.78, 5) is 24.8. The van der Waals surface area contributed by atoms with Gasteiger partial charge in [0.25, 0.3) is 0 Å². The highest BCUT2D eigenvalue weighted by atomic mass is 16.2. The third kappa shape index (κ3) is 3.47. The van der Waals surface area contributed by atoms with Crippen LogP contribution in [0.1, 0.15) is 18.9 Å². The number of anilines is 1. The van der Waals surface area contributed by atoms with Crippen molar-refractivity contribution in [1.82, 2.24) is 4.90 Å². The van der Waals surface area contributed by atoms with E-state index in [0.29, 0.717) is 18.2 Å². The first-order chi connectivity index (χ1) is 8.97. The van der Waals surface area contributed by atoms with Crippen LogP contribution < -0.4 is 11.5 Å². The number of hydrogen-bond donors (Lipinski definition) is 2. The Morgan fingerprint density at radius 3 is 2.63 bits per heavy atom. The summed E-state index contributed by atoms with van der Waals surface area (Å²) in [5.41, 5.74) is 12.5. The molecule has 2 amide bonds. The van der Waals surface area contributed by atoms with Crippen LogP contribution >= 0.6 is 0 Å². The van der Waals surface area contributed by atoms with Crippen molar-refractivity contribution in [3.63, 3.8) is 0 Å². The predicted molar refractivity (Wildman–Crippen MR) is 72.7 cm³/mol. The molecule has 0 aromatic heterocycles. The van der Waals surface area contributed by atoms with Crippen LogP contribution in [0.2, 0.25) is 0 Å². The molecule has 2 unspecified atom stereocenters. The van der Waals surface area contributed by atoms with E-state index in [2.05, 4.69) is 0 Å². The van der Waals surface area contributed by atoms with Gasteiger partial charge >= 0.3 is 0 Å². The molecule has 2 rings (SSSR count). The Morgan fingerprint density at radius 1 is 1.42 bits per heavy atom. The lowest BCUT2D eigenvalue weighted by Crippen LogP contribution is -2.39. The summed E-state index contributed by atoms with van der Waals surface area (Å²) in [6, 6.07) is 7.30. The van der Waals surface area contributed by atoms with Crippen LogP contribution in [0.4, 0.5) is 5.69 Å². The molecule has 2 atom stereocenters. The summed E-state index contributed by atoms with van der Waals surface area (Å²) in [6.07, 6.45) is 0.894. The molecular weight excluding hydrogens is 242 g/mol. The first-order valence-corrected chi connectivity index (χ1v) is 6.39. The van der Waals surface area contributed by atoms with Gasteiger partial charge in [-0.2, -0.15) is 0 Å². The van der Waals surface area contributed by atoms with Crippen LogP contribution in [-0.2, 0) is 16.1 Å². The van der Waals surface area contributed by atoms with Crippen LogP contribution in [0.5, 0.6) is 0 Å². The highest BCUT2D eigenvalue weighted by molar-refractivity contribution is 5.86. The Balaban J connectivity index is 2.09. The maximum Gasteiger partial charge on any atom is 0.237 e. The monoisotopic (exact) mass is 261 g/mol. The van der Waals surface area contributed by atoms with Crippen LogP contribution in [0.15, 0.2) is 24.3 Å². The summed E-state index contributed by atoms with van der Waals surface area (Å²) in [6.45, 7) is 2.36. The molecule has 0 radical (unpaired) electrons. The van der Waals surface area contributed by atoms with Crippen LogP contribution in [0, 0.1) is 11.8 Å². The first kappa shape index (κ1) is 13.4. The lowest BCUT2D eigenvalue weighted by molar-refractivity contribution is -0.137. The van der Waals surface area contributed by atoms with Gasteiger partial charge in [-0.15, -0.1) is 0 Å². The highest BCUT2D eigenvalue weighted by Crippen LogP contribution is 2.39. The number of hydrogen-bond acceptors (Lipinski definition) is 3. The van der Waals surface area contributed by atoms with Crippen molar-refractivity contribution in [2.24, 2.45) is 17.6 Å². The molecule has 19 heavy (non-hydrogen) atoms. The Morgan fingerprint density at radius 2 is 2.11 bits per heavy atom. The van der Waals surface area contributed by atoms with Gasteiger partial charge in [0, 0.05) is 18.2 Å². The zero-order valence-electron chi connectivity index (χ0n) is 11.0. The maximum absolute atomic E-state index is 12.2. The third-order valence-electron chi connectivity index (χ3n) is 3.41. The summed E-state index contributed by atoms with van der Waals surface area (Å²) < 4.78 is 0. The molecule has 1 aromatic rings. The standard InChI is InChI=1S/C14H19N3O2/c1-9-5-12(9)14(19)17(8-13(16)18)7-10-3-2-4-11(15)6-10/h2-4,6,9,12H,5,7-8,15H2,1H3,(H2,16,18). The topological polar surface area (TPSA) is 89.4 Å². The second-order valence-corrected chi connectivity index (χ2v) is 5.23. The van der Waals surface area contributed by atoms with Gasteiger partial charge in [-0.3, -0.25) is 9.59 Å². The van der Waals surface area contributed by atoms with E-state index in [9.17, 15) is 9.59 Å². The molecule has 102 valence electrons. The van der Waals surface area contributed by atoms with Crippen molar-refractivity contribution in [3.05, 3.63) is 29.8 Å². The fourth-order valence-corrected chi connectivity index (χ4v) is 2.21. The fourth-order valence-electron chi connectivity index (χ4n) is 2.21. The number of nitrogens with two attached hydrogens (primary N) is 2. The number of carbonyl (C=O) groups excluding carboxylic acids is 2. The molecule has 1 fully saturated rings. The van der Waals surface area contributed by atoms with Gasteiger partial charge in [0.1, 0.15) is 0 Å². The molecule has 1 aliphatic rings. The SMILES string of the molecule is CC1CC1C(=O)N(CC(N)=O)Cc1cccc(N)c1. The number of nitrogens with zero attached hydrogens (tertiary/aromatic N) is 1. The van der Waals surface area contributed by atoms with Crippen molar-refractivity contribution in [2.75, 3.05) is 12.3 Å². The van der Waals surface area contributed by atoms with E-state index in [0.717, 1.165) is 12.0 Å². The van der Waals surface area contributed by atoms with Crippen LogP contribution in [0.3, 0.4) is 0 Å². The van der Waals surface area contributed by atoms with Crippen molar-refractivity contribution < 1.29 is 9.59 Å². The molecule has 0 saturated heterocycles. The van der Waals surface area contributed by atoms with E-state index in [4.69, 9.17) is 11.5 Å². The van der Waals surface area contributed by atoms with Gasteiger partial charge in [-0.25, -0.2) is 0 Å². The van der Waals surface area contributed by atoms with Gasteiger partial charge in [0.15, 0.2) is 0 Å². The Labute approximate surface area is 112 Å². The van der Waals surface area contributed by atoms with Crippen LogP contribution in [-0.4, -0.2) is 23.3 Å². The summed E-state index contributed by atoms with van der Waals surface area (Å²) in [5.74, 6) is -0.0385. The Kier molecular flexibility index (Phi) is 3.74. The van der Waals surface area contributed by atoms with Crippen molar-refractivity contribution in [3.8, 4) is 0 Å². The number of nitrogen functional groups attached to an aromatic ring is 1. The summed E-state index contributed by atoms with van der Waals surface area (Å²) in [5, 5.41) is 0. The third-order valence-corrected chi connectivity index (χ3v) is 3.41. The predicted octanol–water partition coefficient (Wildman–Crippen LogP) is 0.739. The molecule has 0 spiro atoms. The molecule has 0 aliphatic heterocycles. The Hall–Kier alpha value is -2.04. The van der Waals surface area contributed by atoms with E-state index in [1.807, 2.05) is 19.1 Å². The van der Waals surface area contributed by atoms with Gasteiger partial charge < -0.3 is 16.4 Å². The van der Waals surface area contributed by atoms with E-state index in [1.54, 1.807) is 12.1 Å². The molecule has 5 nitrogen and oxygen atoms in total. The van der Waals surface area contributed by atoms with Gasteiger partial charge in [0.2, 0.25) is 11.8 Å². The minimum Gasteiger partial charge on any atom is -0.399 e. The van der Waals surface area contributed by atoms with E-state index in [1.165, 1.54) is 4.90 Å². The number of amides is 2. The van der Waals surface area contributed by atoms with Gasteiger partial charge in [-0.1, -0.05) is 19.1 Å². The molecule has 0 heterocycles. The molecular formula is C14H19N3O2. The van der Waals surface area contributed by atoms with E-state index < -0.39 is 5.91 Å². The quantitative estimate of drug-likeness (QED) is 0.766. The summed E-state index contributed by atoms with van der Waals surface area (Å²) >= 11 is 0. The second kappa shape index (κ2) is 5.30. The maximum atomic E-state index is 12.2. The first-order valence-electron chi connectivity index (χ1n) is 6.39.